The monoisotopic (exact) mass is 231 g/mol. The smallest absolute Gasteiger partial charge is 0.123 e. The fourth-order valence-electron chi connectivity index (χ4n) is 1.70. The topological polar surface area (TPSA) is 46.2 Å². The van der Waals surface area contributed by atoms with Crippen LogP contribution in [0.1, 0.15) is 18.5 Å². The highest BCUT2D eigenvalue weighted by molar-refractivity contribution is 5.70. The van der Waals surface area contributed by atoms with Crippen molar-refractivity contribution in [1.82, 2.24) is 0 Å². The highest BCUT2D eigenvalue weighted by Crippen LogP contribution is 2.31. The molecule has 0 aromatic heterocycles. The number of aromatic hydroxyl groups is 1. The molecule has 3 N–H and O–H groups in total. The second-order valence-electron chi connectivity index (χ2n) is 4.07. The van der Waals surface area contributed by atoms with E-state index in [1.54, 1.807) is 24.3 Å². The molecule has 0 heterocycles. The van der Waals surface area contributed by atoms with Crippen molar-refractivity contribution < 1.29 is 9.50 Å². The summed E-state index contributed by atoms with van der Waals surface area (Å²) in [5.74, 6) is -0.127. The van der Waals surface area contributed by atoms with E-state index in [9.17, 15) is 9.50 Å². The van der Waals surface area contributed by atoms with Crippen molar-refractivity contribution >= 4 is 0 Å². The molecule has 17 heavy (non-hydrogen) atoms. The first-order valence-electron chi connectivity index (χ1n) is 5.42. The Hall–Kier alpha value is -1.87. The van der Waals surface area contributed by atoms with Crippen LogP contribution in [-0.4, -0.2) is 5.11 Å². The van der Waals surface area contributed by atoms with E-state index in [1.807, 2.05) is 13.0 Å². The van der Waals surface area contributed by atoms with Gasteiger partial charge in [0.2, 0.25) is 0 Å². The summed E-state index contributed by atoms with van der Waals surface area (Å²) in [5, 5.41) is 9.80. The number of hydrogen-bond acceptors (Lipinski definition) is 2. The molecule has 0 bridgehead atoms. The van der Waals surface area contributed by atoms with Crippen LogP contribution in [-0.2, 0) is 0 Å². The molecular formula is C14H14FNO. The zero-order valence-electron chi connectivity index (χ0n) is 9.52. The molecule has 0 amide bonds. The van der Waals surface area contributed by atoms with Crippen molar-refractivity contribution in [1.29, 1.82) is 0 Å². The number of benzene rings is 2. The minimum atomic E-state index is -0.295. The molecule has 0 radical (unpaired) electrons. The molecule has 1 atom stereocenters. The zero-order valence-corrected chi connectivity index (χ0v) is 9.52. The van der Waals surface area contributed by atoms with E-state index in [2.05, 4.69) is 0 Å². The Morgan fingerprint density at radius 1 is 1.12 bits per heavy atom. The van der Waals surface area contributed by atoms with E-state index in [0.29, 0.717) is 5.56 Å². The van der Waals surface area contributed by atoms with Crippen molar-refractivity contribution in [3.8, 4) is 16.9 Å². The lowest BCUT2D eigenvalue weighted by Gasteiger charge is -2.10. The van der Waals surface area contributed by atoms with Gasteiger partial charge in [-0.2, -0.15) is 0 Å². The van der Waals surface area contributed by atoms with Gasteiger partial charge in [-0.15, -0.1) is 0 Å². The second-order valence-corrected chi connectivity index (χ2v) is 4.07. The molecule has 0 saturated carbocycles. The van der Waals surface area contributed by atoms with E-state index in [1.165, 1.54) is 12.1 Å². The van der Waals surface area contributed by atoms with Crippen LogP contribution in [0.3, 0.4) is 0 Å². The summed E-state index contributed by atoms with van der Waals surface area (Å²) in [6.45, 7) is 1.88. The van der Waals surface area contributed by atoms with Crippen molar-refractivity contribution in [2.24, 2.45) is 5.73 Å². The molecule has 0 aliphatic rings. The summed E-state index contributed by atoms with van der Waals surface area (Å²) in [4.78, 5) is 0. The van der Waals surface area contributed by atoms with E-state index < -0.39 is 0 Å². The van der Waals surface area contributed by atoms with Gasteiger partial charge in [0.15, 0.2) is 0 Å². The fraction of sp³-hybridized carbons (Fsp3) is 0.143. The largest absolute Gasteiger partial charge is 0.507 e. The summed E-state index contributed by atoms with van der Waals surface area (Å²) >= 11 is 0. The zero-order chi connectivity index (χ0) is 12.4. The Balaban J connectivity index is 2.50. The lowest BCUT2D eigenvalue weighted by molar-refractivity contribution is 0.477. The maximum atomic E-state index is 12.8. The lowest BCUT2D eigenvalue weighted by atomic mass is 9.99. The van der Waals surface area contributed by atoms with Crippen LogP contribution in [0.5, 0.6) is 5.75 Å². The molecule has 0 aliphatic heterocycles. The third kappa shape index (κ3) is 2.45. The summed E-state index contributed by atoms with van der Waals surface area (Å²) in [7, 11) is 0. The van der Waals surface area contributed by atoms with Crippen molar-refractivity contribution in [3.63, 3.8) is 0 Å². The van der Waals surface area contributed by atoms with Crippen LogP contribution in [0.2, 0.25) is 0 Å². The predicted molar refractivity (Wildman–Crippen MR) is 66.1 cm³/mol. The second kappa shape index (κ2) is 4.55. The Labute approximate surface area is 99.5 Å². The van der Waals surface area contributed by atoms with Gasteiger partial charge >= 0.3 is 0 Å². The SMILES string of the molecule is CC(N)c1ccc(O)c(-c2ccc(F)cc2)c1. The Bertz CT molecular complexity index is 520. The molecule has 2 aromatic carbocycles. The van der Waals surface area contributed by atoms with Crippen molar-refractivity contribution in [2.45, 2.75) is 13.0 Å². The van der Waals surface area contributed by atoms with Crippen LogP contribution in [0.4, 0.5) is 4.39 Å². The van der Waals surface area contributed by atoms with Crippen LogP contribution < -0.4 is 5.73 Å². The standard InChI is InChI=1S/C14H14FNO/c1-9(16)11-4-7-14(17)13(8-11)10-2-5-12(15)6-3-10/h2-9,17H,16H2,1H3. The predicted octanol–water partition coefficient (Wildman–Crippen LogP) is 3.22. The first-order chi connectivity index (χ1) is 8.08. The molecular weight excluding hydrogens is 217 g/mol. The molecule has 0 aliphatic carbocycles. The molecule has 3 heteroatoms. The average molecular weight is 231 g/mol. The minimum absolute atomic E-state index is 0.102. The van der Waals surface area contributed by atoms with E-state index >= 15 is 0 Å². The number of rotatable bonds is 2. The van der Waals surface area contributed by atoms with Gasteiger partial charge in [0.05, 0.1) is 0 Å². The first-order valence-corrected chi connectivity index (χ1v) is 5.42. The van der Waals surface area contributed by atoms with E-state index in [0.717, 1.165) is 11.1 Å². The maximum Gasteiger partial charge on any atom is 0.123 e. The van der Waals surface area contributed by atoms with E-state index in [-0.39, 0.29) is 17.6 Å². The summed E-state index contributed by atoms with van der Waals surface area (Å²) in [5.41, 5.74) is 8.16. The first kappa shape index (κ1) is 11.6. The van der Waals surface area contributed by atoms with Crippen molar-refractivity contribution in [3.05, 3.63) is 53.8 Å². The summed E-state index contributed by atoms with van der Waals surface area (Å²) in [6, 6.07) is 11.1. The lowest BCUT2D eigenvalue weighted by Crippen LogP contribution is -2.04. The minimum Gasteiger partial charge on any atom is -0.507 e. The maximum absolute atomic E-state index is 12.8. The number of phenols is 1. The molecule has 2 nitrogen and oxygen atoms in total. The molecule has 0 spiro atoms. The van der Waals surface area contributed by atoms with Gasteiger partial charge in [-0.25, -0.2) is 4.39 Å². The Morgan fingerprint density at radius 3 is 2.35 bits per heavy atom. The van der Waals surface area contributed by atoms with E-state index in [4.69, 9.17) is 5.73 Å². The number of halogens is 1. The average Bonchev–Trinajstić information content (AvgIpc) is 2.31. The quantitative estimate of drug-likeness (QED) is 0.833. The normalized spacial score (nSPS) is 12.4. The van der Waals surface area contributed by atoms with Gasteiger partial charge in [0.25, 0.3) is 0 Å². The van der Waals surface area contributed by atoms with Crippen LogP contribution in [0.25, 0.3) is 11.1 Å². The van der Waals surface area contributed by atoms with Crippen LogP contribution in [0, 0.1) is 5.82 Å². The van der Waals surface area contributed by atoms with Gasteiger partial charge in [-0.3, -0.25) is 0 Å². The van der Waals surface area contributed by atoms with Gasteiger partial charge < -0.3 is 10.8 Å². The van der Waals surface area contributed by atoms with Gasteiger partial charge in [-0.1, -0.05) is 18.2 Å². The number of nitrogens with two attached hydrogens (primary N) is 1. The Morgan fingerprint density at radius 2 is 1.76 bits per heavy atom. The Kier molecular flexibility index (Phi) is 3.11. The molecule has 0 fully saturated rings. The van der Waals surface area contributed by atoms with Gasteiger partial charge in [0, 0.05) is 11.6 Å². The number of hydrogen-bond donors (Lipinski definition) is 2. The third-order valence-electron chi connectivity index (χ3n) is 2.70. The molecule has 88 valence electrons. The van der Waals surface area contributed by atoms with Crippen LogP contribution in [0.15, 0.2) is 42.5 Å². The molecule has 1 unspecified atom stereocenters. The van der Waals surface area contributed by atoms with Crippen LogP contribution >= 0.6 is 0 Å². The summed E-state index contributed by atoms with van der Waals surface area (Å²) < 4.78 is 12.8. The fourth-order valence-corrected chi connectivity index (χ4v) is 1.70. The molecule has 2 aromatic rings. The highest BCUT2D eigenvalue weighted by atomic mass is 19.1. The molecule has 2 rings (SSSR count). The summed E-state index contributed by atoms with van der Waals surface area (Å²) in [6.07, 6.45) is 0. The third-order valence-corrected chi connectivity index (χ3v) is 2.70. The molecule has 0 saturated heterocycles. The van der Waals surface area contributed by atoms with Gasteiger partial charge in [0.1, 0.15) is 11.6 Å². The van der Waals surface area contributed by atoms with Crippen molar-refractivity contribution in [2.75, 3.05) is 0 Å². The van der Waals surface area contributed by atoms with Gasteiger partial charge in [-0.05, 0) is 42.3 Å². The number of phenolic OH excluding ortho intramolecular Hbond substituents is 1. The highest BCUT2D eigenvalue weighted by Gasteiger charge is 2.07.